The highest BCUT2D eigenvalue weighted by Crippen LogP contribution is 2.31. The van der Waals surface area contributed by atoms with Crippen LogP contribution in [0.25, 0.3) is 21.7 Å². The molecule has 6 heteroatoms. The van der Waals surface area contributed by atoms with Crippen LogP contribution in [0.1, 0.15) is 10.4 Å². The van der Waals surface area contributed by atoms with Crippen molar-refractivity contribution in [1.82, 2.24) is 0 Å². The third kappa shape index (κ3) is 3.92. The number of rotatable bonds is 5. The van der Waals surface area contributed by atoms with Crippen molar-refractivity contribution in [2.75, 3.05) is 18.0 Å². The van der Waals surface area contributed by atoms with Crippen LogP contribution in [0.3, 0.4) is 0 Å². The average Bonchev–Trinajstić information content (AvgIpc) is 3.48. The van der Waals surface area contributed by atoms with Crippen LogP contribution in [0.5, 0.6) is 0 Å². The maximum Gasteiger partial charge on any atom is 0.337 e. The largest absolute Gasteiger partial charge is 1.00 e. The Morgan fingerprint density at radius 1 is 0.931 bits per heavy atom. The smallest absolute Gasteiger partial charge is 0.337 e. The van der Waals surface area contributed by atoms with E-state index in [1.54, 1.807) is 22.7 Å². The lowest BCUT2D eigenvalue weighted by atomic mass is 10.0. The van der Waals surface area contributed by atoms with Gasteiger partial charge >= 0.3 is 5.13 Å². The van der Waals surface area contributed by atoms with Crippen LogP contribution in [0.15, 0.2) is 77.5 Å². The summed E-state index contributed by atoms with van der Waals surface area (Å²) in [6.45, 7) is 2.25. The van der Waals surface area contributed by atoms with Gasteiger partial charge in [-0.2, -0.15) is 0 Å². The molecule has 0 atom stereocenters. The van der Waals surface area contributed by atoms with Crippen LogP contribution < -0.4 is 26.4 Å². The SMILES string of the molecule is O=C(CN1CC[n+]2c(-c3cccs3)csc21)c1ccc(-c2ccccc2)cc1.[Br-]. The third-order valence-corrected chi connectivity index (χ3v) is 7.01. The lowest BCUT2D eigenvalue weighted by molar-refractivity contribution is -0.655. The van der Waals surface area contributed by atoms with Gasteiger partial charge in [0.15, 0.2) is 5.69 Å². The van der Waals surface area contributed by atoms with Gasteiger partial charge in [-0.25, -0.2) is 9.47 Å². The molecule has 2 aromatic carbocycles. The molecule has 0 spiro atoms. The number of thiazole rings is 1. The first-order chi connectivity index (χ1) is 13.8. The van der Waals surface area contributed by atoms with E-state index in [1.165, 1.54) is 21.3 Å². The summed E-state index contributed by atoms with van der Waals surface area (Å²) in [6, 6.07) is 22.4. The van der Waals surface area contributed by atoms with E-state index in [0.29, 0.717) is 6.54 Å². The van der Waals surface area contributed by atoms with Crippen molar-refractivity contribution in [3.8, 4) is 21.7 Å². The van der Waals surface area contributed by atoms with Crippen molar-refractivity contribution in [3.05, 3.63) is 83.1 Å². The number of halogens is 1. The number of benzene rings is 2. The van der Waals surface area contributed by atoms with Gasteiger partial charge in [0.25, 0.3) is 0 Å². The maximum absolute atomic E-state index is 12.8. The highest BCUT2D eigenvalue weighted by Gasteiger charge is 2.34. The molecule has 0 saturated heterocycles. The summed E-state index contributed by atoms with van der Waals surface area (Å²) < 4.78 is 2.34. The Kier molecular flexibility index (Phi) is 5.94. The number of nitrogens with zero attached hydrogens (tertiary/aromatic N) is 2. The molecule has 1 aliphatic heterocycles. The average molecular weight is 483 g/mol. The molecule has 1 aliphatic rings. The maximum atomic E-state index is 12.8. The number of aromatic nitrogens is 1. The van der Waals surface area contributed by atoms with Crippen molar-refractivity contribution in [2.24, 2.45) is 0 Å². The van der Waals surface area contributed by atoms with Crippen molar-refractivity contribution >= 4 is 33.6 Å². The minimum Gasteiger partial charge on any atom is -1.00 e. The molecule has 4 aromatic rings. The van der Waals surface area contributed by atoms with E-state index in [2.05, 4.69) is 44.5 Å². The number of carbonyl (C=O) groups excluding carboxylic acids is 1. The number of Topliss-reactive ketones (excluding diaryl/α,β-unsaturated/α-hetero) is 1. The molecule has 0 unspecified atom stereocenters. The van der Waals surface area contributed by atoms with Gasteiger partial charge in [-0.05, 0) is 22.6 Å². The van der Waals surface area contributed by atoms with E-state index in [-0.39, 0.29) is 22.8 Å². The summed E-state index contributed by atoms with van der Waals surface area (Å²) in [5.41, 5.74) is 4.34. The molecule has 0 N–H and O–H groups in total. The zero-order valence-electron chi connectivity index (χ0n) is 15.6. The molecule has 3 heterocycles. The van der Waals surface area contributed by atoms with Gasteiger partial charge in [-0.15, -0.1) is 11.3 Å². The van der Waals surface area contributed by atoms with Gasteiger partial charge in [0.1, 0.15) is 19.6 Å². The number of carbonyl (C=O) groups is 1. The number of hydrogen-bond acceptors (Lipinski definition) is 4. The Labute approximate surface area is 188 Å². The molecule has 3 nitrogen and oxygen atoms in total. The molecule has 0 amide bonds. The molecule has 0 fully saturated rings. The summed E-state index contributed by atoms with van der Waals surface area (Å²) in [4.78, 5) is 16.3. The van der Waals surface area contributed by atoms with Crippen LogP contribution in [0, 0.1) is 0 Å². The molecule has 0 aliphatic carbocycles. The highest BCUT2D eigenvalue weighted by molar-refractivity contribution is 7.15. The normalized spacial score (nSPS) is 12.5. The second-order valence-electron chi connectivity index (χ2n) is 6.82. The minimum absolute atomic E-state index is 0. The monoisotopic (exact) mass is 482 g/mol. The van der Waals surface area contributed by atoms with Gasteiger partial charge in [0, 0.05) is 10.9 Å². The Morgan fingerprint density at radius 3 is 2.41 bits per heavy atom. The van der Waals surface area contributed by atoms with E-state index in [1.807, 2.05) is 42.5 Å². The summed E-state index contributed by atoms with van der Waals surface area (Å²) in [5.74, 6) is 0.166. The van der Waals surface area contributed by atoms with Crippen LogP contribution >= 0.6 is 22.7 Å². The first kappa shape index (κ1) is 20.0. The first-order valence-electron chi connectivity index (χ1n) is 9.28. The van der Waals surface area contributed by atoms with Crippen LogP contribution in [0.2, 0.25) is 0 Å². The second-order valence-corrected chi connectivity index (χ2v) is 8.60. The molecule has 5 rings (SSSR count). The van der Waals surface area contributed by atoms with Gasteiger partial charge in [0.05, 0.1) is 4.88 Å². The molecule has 146 valence electrons. The Morgan fingerprint density at radius 2 is 1.69 bits per heavy atom. The fourth-order valence-electron chi connectivity index (χ4n) is 3.62. The van der Waals surface area contributed by atoms with E-state index >= 15 is 0 Å². The molecular formula is C23H19BrN2OS2. The lowest BCUT2D eigenvalue weighted by Gasteiger charge is -2.08. The zero-order valence-corrected chi connectivity index (χ0v) is 18.8. The van der Waals surface area contributed by atoms with E-state index in [4.69, 9.17) is 0 Å². The number of hydrogen-bond donors (Lipinski definition) is 0. The summed E-state index contributed by atoms with van der Waals surface area (Å²) in [6.07, 6.45) is 0. The standard InChI is InChI=1S/C23H19N2OS2.BrH/c26-21(19-10-8-18(9-11-19)17-5-2-1-3-6-17)15-24-12-13-25-20(16-28-23(24)25)22-7-4-14-27-22;/h1-11,14,16H,12-13,15H2;1H/q+1;/p-1. The molecule has 2 aromatic heterocycles. The Hall–Kier alpha value is -2.28. The molecule has 29 heavy (non-hydrogen) atoms. The van der Waals surface area contributed by atoms with Gasteiger partial charge < -0.3 is 17.0 Å². The van der Waals surface area contributed by atoms with Crippen LogP contribution in [0.4, 0.5) is 5.13 Å². The van der Waals surface area contributed by atoms with Crippen LogP contribution in [-0.4, -0.2) is 18.9 Å². The molecule has 0 saturated carbocycles. The summed E-state index contributed by atoms with van der Waals surface area (Å²) in [5, 5.41) is 5.49. The molecule has 0 radical (unpaired) electrons. The molecular weight excluding hydrogens is 464 g/mol. The topological polar surface area (TPSA) is 24.2 Å². The van der Waals surface area contributed by atoms with E-state index < -0.39 is 0 Å². The first-order valence-corrected chi connectivity index (χ1v) is 11.0. The Bertz CT molecular complexity index is 1110. The zero-order chi connectivity index (χ0) is 18.9. The molecule has 0 bridgehead atoms. The lowest BCUT2D eigenvalue weighted by Crippen LogP contribution is -3.00. The third-order valence-electron chi connectivity index (χ3n) is 5.08. The fraction of sp³-hybridized carbons (Fsp3) is 0.130. The van der Waals surface area contributed by atoms with Crippen molar-refractivity contribution in [2.45, 2.75) is 6.54 Å². The number of ketones is 1. The second kappa shape index (κ2) is 8.61. The number of anilines is 1. The van der Waals surface area contributed by atoms with E-state index in [9.17, 15) is 4.79 Å². The van der Waals surface area contributed by atoms with Crippen molar-refractivity contribution in [3.63, 3.8) is 0 Å². The van der Waals surface area contributed by atoms with Gasteiger partial charge in [-0.1, -0.05) is 72.0 Å². The van der Waals surface area contributed by atoms with Crippen molar-refractivity contribution < 1.29 is 26.3 Å². The quantitative estimate of drug-likeness (QED) is 0.321. The number of fused-ring (bicyclic) bond motifs is 1. The van der Waals surface area contributed by atoms with Gasteiger partial charge in [0.2, 0.25) is 5.78 Å². The van der Waals surface area contributed by atoms with Crippen LogP contribution in [-0.2, 0) is 6.54 Å². The van der Waals surface area contributed by atoms with E-state index in [0.717, 1.165) is 24.2 Å². The fourth-order valence-corrected chi connectivity index (χ4v) is 5.54. The van der Waals surface area contributed by atoms with Crippen molar-refractivity contribution in [1.29, 1.82) is 0 Å². The highest BCUT2D eigenvalue weighted by atomic mass is 79.9. The Balaban J connectivity index is 0.00000205. The van der Waals surface area contributed by atoms with Gasteiger partial charge in [-0.3, -0.25) is 4.79 Å². The summed E-state index contributed by atoms with van der Waals surface area (Å²) in [7, 11) is 0. The number of thiophene rings is 1. The predicted molar refractivity (Wildman–Crippen MR) is 116 cm³/mol. The predicted octanol–water partition coefficient (Wildman–Crippen LogP) is 2.14. The minimum atomic E-state index is 0. The summed E-state index contributed by atoms with van der Waals surface area (Å²) >= 11 is 3.48.